The third kappa shape index (κ3) is 3.98. The van der Waals surface area contributed by atoms with Crippen LogP contribution >= 0.6 is 11.6 Å². The number of aryl methyl sites for hydroxylation is 1. The second kappa shape index (κ2) is 7.68. The van der Waals surface area contributed by atoms with E-state index in [2.05, 4.69) is 15.2 Å². The second-order valence-corrected chi connectivity index (χ2v) is 7.15. The highest BCUT2D eigenvalue weighted by molar-refractivity contribution is 6.31. The van der Waals surface area contributed by atoms with Gasteiger partial charge in [-0.25, -0.2) is 4.98 Å². The van der Waals surface area contributed by atoms with E-state index >= 15 is 0 Å². The lowest BCUT2D eigenvalue weighted by atomic mass is 10.1. The fourth-order valence-corrected chi connectivity index (χ4v) is 3.53. The van der Waals surface area contributed by atoms with E-state index in [9.17, 15) is 4.79 Å². The second-order valence-electron chi connectivity index (χ2n) is 6.74. The molecule has 7 heteroatoms. The predicted octanol–water partition coefficient (Wildman–Crippen LogP) is 3.38. The molecule has 3 aromatic rings. The molecule has 140 valence electrons. The highest BCUT2D eigenvalue weighted by atomic mass is 35.5. The summed E-state index contributed by atoms with van der Waals surface area (Å²) < 4.78 is 7.23. The number of halogens is 1. The molecule has 6 nitrogen and oxygen atoms in total. The average molecular weight is 385 g/mol. The number of morpholine rings is 1. The molecule has 4 rings (SSSR count). The first-order valence-corrected chi connectivity index (χ1v) is 9.31. The Morgan fingerprint density at radius 2 is 2.11 bits per heavy atom. The molecule has 1 aliphatic heterocycles. The van der Waals surface area contributed by atoms with E-state index in [0.717, 1.165) is 44.0 Å². The molecule has 0 saturated carbocycles. The molecular weight excluding hydrogens is 364 g/mol. The monoisotopic (exact) mass is 384 g/mol. The number of rotatable bonds is 4. The van der Waals surface area contributed by atoms with E-state index in [-0.39, 0.29) is 5.91 Å². The van der Waals surface area contributed by atoms with Crippen LogP contribution in [0.15, 0.2) is 42.9 Å². The van der Waals surface area contributed by atoms with Crippen molar-refractivity contribution in [1.29, 1.82) is 0 Å². The largest absolute Gasteiger partial charge is 0.379 e. The van der Waals surface area contributed by atoms with E-state index in [1.807, 2.05) is 41.9 Å². The summed E-state index contributed by atoms with van der Waals surface area (Å²) in [6.45, 7) is 6.05. The van der Waals surface area contributed by atoms with E-state index in [0.29, 0.717) is 21.9 Å². The number of benzene rings is 1. The van der Waals surface area contributed by atoms with Crippen LogP contribution < -0.4 is 5.32 Å². The topological polar surface area (TPSA) is 58.9 Å². The summed E-state index contributed by atoms with van der Waals surface area (Å²) >= 11 is 6.46. The Balaban J connectivity index is 1.51. The Labute approximate surface area is 162 Å². The van der Waals surface area contributed by atoms with Crippen LogP contribution in [-0.2, 0) is 11.3 Å². The van der Waals surface area contributed by atoms with Crippen molar-refractivity contribution in [2.24, 2.45) is 0 Å². The highest BCUT2D eigenvalue weighted by Crippen LogP contribution is 2.24. The summed E-state index contributed by atoms with van der Waals surface area (Å²) in [5.41, 5.74) is 3.87. The molecule has 1 fully saturated rings. The number of carbonyl (C=O) groups is 1. The average Bonchev–Trinajstić information content (AvgIpc) is 3.12. The van der Waals surface area contributed by atoms with Crippen LogP contribution in [0.1, 0.15) is 21.5 Å². The summed E-state index contributed by atoms with van der Waals surface area (Å²) in [4.78, 5) is 19.4. The molecule has 0 spiro atoms. The lowest BCUT2D eigenvalue weighted by molar-refractivity contribution is 0.0342. The molecule has 2 aromatic heterocycles. The molecule has 1 aliphatic rings. The minimum Gasteiger partial charge on any atom is -0.379 e. The summed E-state index contributed by atoms with van der Waals surface area (Å²) in [6.07, 6.45) is 5.45. The normalized spacial score (nSPS) is 15.2. The number of imidazole rings is 1. The zero-order chi connectivity index (χ0) is 18.8. The fourth-order valence-electron chi connectivity index (χ4n) is 3.29. The number of nitrogens with zero attached hydrogens (tertiary/aromatic N) is 3. The van der Waals surface area contributed by atoms with Gasteiger partial charge in [0.05, 0.1) is 18.8 Å². The Hall–Kier alpha value is -2.41. The van der Waals surface area contributed by atoms with Crippen molar-refractivity contribution < 1.29 is 9.53 Å². The van der Waals surface area contributed by atoms with Gasteiger partial charge in [0, 0.05) is 48.9 Å². The first kappa shape index (κ1) is 18.0. The number of carbonyl (C=O) groups excluding carboxylic acids is 1. The molecule has 1 amide bonds. The third-order valence-corrected chi connectivity index (χ3v) is 5.03. The van der Waals surface area contributed by atoms with Gasteiger partial charge in [0.2, 0.25) is 0 Å². The number of amides is 1. The number of hydrogen-bond acceptors (Lipinski definition) is 4. The van der Waals surface area contributed by atoms with Crippen LogP contribution in [0.3, 0.4) is 0 Å². The smallest absolute Gasteiger partial charge is 0.259 e. The number of hydrogen-bond donors (Lipinski definition) is 1. The summed E-state index contributed by atoms with van der Waals surface area (Å²) in [7, 11) is 0. The molecule has 0 radical (unpaired) electrons. The number of fused-ring (bicyclic) bond motifs is 1. The number of nitrogens with one attached hydrogen (secondary N) is 1. The van der Waals surface area contributed by atoms with Crippen LogP contribution in [0.25, 0.3) is 5.65 Å². The Kier molecular flexibility index (Phi) is 5.11. The van der Waals surface area contributed by atoms with Gasteiger partial charge in [0.25, 0.3) is 5.91 Å². The number of pyridine rings is 1. The maximum absolute atomic E-state index is 12.8. The molecule has 0 atom stereocenters. The molecule has 27 heavy (non-hydrogen) atoms. The van der Waals surface area contributed by atoms with Gasteiger partial charge in [-0.05, 0) is 36.2 Å². The van der Waals surface area contributed by atoms with Crippen LogP contribution in [-0.4, -0.2) is 46.5 Å². The van der Waals surface area contributed by atoms with Crippen molar-refractivity contribution >= 4 is 28.8 Å². The van der Waals surface area contributed by atoms with Crippen LogP contribution in [0.5, 0.6) is 0 Å². The molecule has 0 unspecified atom stereocenters. The van der Waals surface area contributed by atoms with Crippen molar-refractivity contribution in [2.45, 2.75) is 13.5 Å². The van der Waals surface area contributed by atoms with E-state index < -0.39 is 0 Å². The van der Waals surface area contributed by atoms with Crippen molar-refractivity contribution in [3.8, 4) is 0 Å². The molecule has 1 aromatic carbocycles. The quantitative estimate of drug-likeness (QED) is 0.749. The van der Waals surface area contributed by atoms with Gasteiger partial charge in [0.15, 0.2) is 0 Å². The van der Waals surface area contributed by atoms with Crippen molar-refractivity contribution in [3.05, 3.63) is 64.6 Å². The molecule has 3 heterocycles. The standard InChI is InChI=1S/C20H21ClN4O2/c1-14-10-17(19-22-4-5-25(19)12-14)20(26)23-16-3-2-15(18(21)11-16)13-24-6-8-27-9-7-24/h2-5,10-12H,6-9,13H2,1H3,(H,23,26). The van der Waals surface area contributed by atoms with E-state index in [1.165, 1.54) is 0 Å². The summed E-state index contributed by atoms with van der Waals surface area (Å²) in [6, 6.07) is 7.49. The van der Waals surface area contributed by atoms with E-state index in [1.54, 1.807) is 12.3 Å². The Bertz CT molecular complexity index is 979. The van der Waals surface area contributed by atoms with Gasteiger partial charge in [-0.3, -0.25) is 9.69 Å². The lowest BCUT2D eigenvalue weighted by Gasteiger charge is -2.27. The van der Waals surface area contributed by atoms with Gasteiger partial charge < -0.3 is 14.5 Å². The minimum absolute atomic E-state index is 0.202. The highest BCUT2D eigenvalue weighted by Gasteiger charge is 2.15. The van der Waals surface area contributed by atoms with Crippen LogP contribution in [0.2, 0.25) is 5.02 Å². The Morgan fingerprint density at radius 1 is 1.30 bits per heavy atom. The van der Waals surface area contributed by atoms with Crippen LogP contribution in [0.4, 0.5) is 5.69 Å². The van der Waals surface area contributed by atoms with Gasteiger partial charge in [-0.15, -0.1) is 0 Å². The van der Waals surface area contributed by atoms with Crippen molar-refractivity contribution in [2.75, 3.05) is 31.6 Å². The van der Waals surface area contributed by atoms with Gasteiger partial charge in [0.1, 0.15) is 5.65 Å². The lowest BCUT2D eigenvalue weighted by Crippen LogP contribution is -2.35. The molecular formula is C20H21ClN4O2. The van der Waals surface area contributed by atoms with Crippen molar-refractivity contribution in [1.82, 2.24) is 14.3 Å². The maximum Gasteiger partial charge on any atom is 0.259 e. The van der Waals surface area contributed by atoms with Gasteiger partial charge in [-0.2, -0.15) is 0 Å². The summed E-state index contributed by atoms with van der Waals surface area (Å²) in [5, 5.41) is 3.58. The van der Waals surface area contributed by atoms with E-state index in [4.69, 9.17) is 16.3 Å². The zero-order valence-corrected chi connectivity index (χ0v) is 15.9. The fraction of sp³-hybridized carbons (Fsp3) is 0.300. The number of ether oxygens (including phenoxy) is 1. The van der Waals surface area contributed by atoms with Crippen molar-refractivity contribution in [3.63, 3.8) is 0 Å². The number of aromatic nitrogens is 2. The first-order chi connectivity index (χ1) is 13.1. The molecule has 0 bridgehead atoms. The first-order valence-electron chi connectivity index (χ1n) is 8.93. The summed E-state index contributed by atoms with van der Waals surface area (Å²) in [5.74, 6) is -0.202. The maximum atomic E-state index is 12.8. The minimum atomic E-state index is -0.202. The van der Waals surface area contributed by atoms with Crippen LogP contribution in [0, 0.1) is 6.92 Å². The SMILES string of the molecule is Cc1cc(C(=O)Nc2ccc(CN3CCOCC3)c(Cl)c2)c2nccn2c1. The molecule has 0 aliphatic carbocycles. The Morgan fingerprint density at radius 3 is 2.89 bits per heavy atom. The zero-order valence-electron chi connectivity index (χ0n) is 15.1. The molecule has 1 saturated heterocycles. The molecule has 1 N–H and O–H groups in total. The predicted molar refractivity (Wildman–Crippen MR) is 105 cm³/mol. The van der Waals surface area contributed by atoms with Gasteiger partial charge >= 0.3 is 0 Å². The third-order valence-electron chi connectivity index (χ3n) is 4.68. The number of anilines is 1. The van der Waals surface area contributed by atoms with Gasteiger partial charge in [-0.1, -0.05) is 17.7 Å².